The molecule has 0 aliphatic heterocycles. The number of nitrogens with two attached hydrogens (primary N) is 1. The molecule has 1 aliphatic rings. The summed E-state index contributed by atoms with van der Waals surface area (Å²) < 4.78 is 5.59. The number of hydrogen-bond acceptors (Lipinski definition) is 4. The minimum absolute atomic E-state index is 0.402. The number of likely N-dealkylation sites (N-methyl/N-ethyl adjacent to an activating group) is 1. The number of halogens is 1. The fourth-order valence-corrected chi connectivity index (χ4v) is 1.95. The summed E-state index contributed by atoms with van der Waals surface area (Å²) in [6, 6.07) is 2.56. The molecule has 94 valence electrons. The van der Waals surface area contributed by atoms with Crippen LogP contribution in [0.5, 0.6) is 5.88 Å². The van der Waals surface area contributed by atoms with E-state index < -0.39 is 0 Å². The lowest BCUT2D eigenvalue weighted by atomic mass is 10.3. The Bertz CT molecular complexity index is 382. The Balaban J connectivity index is 1.85. The van der Waals surface area contributed by atoms with Gasteiger partial charge in [-0.3, -0.25) is 0 Å². The molecular weight excluding hydrogens is 238 g/mol. The molecule has 1 fully saturated rings. The Morgan fingerprint density at radius 1 is 1.59 bits per heavy atom. The van der Waals surface area contributed by atoms with Gasteiger partial charge in [0.05, 0.1) is 0 Å². The van der Waals surface area contributed by atoms with E-state index in [1.807, 2.05) is 6.07 Å². The Morgan fingerprint density at radius 2 is 2.35 bits per heavy atom. The van der Waals surface area contributed by atoms with E-state index in [4.69, 9.17) is 22.1 Å². The van der Waals surface area contributed by atoms with Crippen LogP contribution in [-0.2, 0) is 6.54 Å². The van der Waals surface area contributed by atoms with E-state index in [1.165, 1.54) is 12.8 Å². The van der Waals surface area contributed by atoms with Crippen molar-refractivity contribution in [2.24, 2.45) is 5.73 Å². The second kappa shape index (κ2) is 5.67. The molecular formula is C12H18ClN3O. The third kappa shape index (κ3) is 3.31. The predicted octanol–water partition coefficient (Wildman–Crippen LogP) is 1.67. The summed E-state index contributed by atoms with van der Waals surface area (Å²) in [5, 5.41) is 0.532. The van der Waals surface area contributed by atoms with Gasteiger partial charge in [0.25, 0.3) is 0 Å². The van der Waals surface area contributed by atoms with Crippen LogP contribution in [0, 0.1) is 0 Å². The standard InChI is InChI=1S/C12H18ClN3O/c1-16(10-2-3-10)6-7-17-12-11(13)9(8-14)4-5-15-12/h4-5,10H,2-3,6-8,14H2,1H3. The van der Waals surface area contributed by atoms with E-state index in [-0.39, 0.29) is 0 Å². The molecule has 0 saturated heterocycles. The largest absolute Gasteiger partial charge is 0.475 e. The maximum atomic E-state index is 6.12. The first kappa shape index (κ1) is 12.6. The molecule has 2 N–H and O–H groups in total. The van der Waals surface area contributed by atoms with Gasteiger partial charge >= 0.3 is 0 Å². The molecule has 5 heteroatoms. The topological polar surface area (TPSA) is 51.4 Å². The van der Waals surface area contributed by atoms with Crippen LogP contribution < -0.4 is 10.5 Å². The van der Waals surface area contributed by atoms with Crippen LogP contribution in [0.25, 0.3) is 0 Å². The van der Waals surface area contributed by atoms with Crippen LogP contribution in [0.1, 0.15) is 18.4 Å². The molecule has 1 aromatic heterocycles. The highest BCUT2D eigenvalue weighted by Gasteiger charge is 2.25. The minimum atomic E-state index is 0.402. The van der Waals surface area contributed by atoms with Gasteiger partial charge < -0.3 is 15.4 Å². The van der Waals surface area contributed by atoms with Crippen molar-refractivity contribution >= 4 is 11.6 Å². The highest BCUT2D eigenvalue weighted by atomic mass is 35.5. The molecule has 1 aliphatic carbocycles. The van der Waals surface area contributed by atoms with Crippen molar-refractivity contribution < 1.29 is 4.74 Å². The van der Waals surface area contributed by atoms with Gasteiger partial charge in [0, 0.05) is 25.3 Å². The molecule has 1 aromatic rings. The molecule has 0 spiro atoms. The minimum Gasteiger partial charge on any atom is -0.475 e. The fraction of sp³-hybridized carbons (Fsp3) is 0.583. The Morgan fingerprint density at radius 3 is 3.00 bits per heavy atom. The summed E-state index contributed by atoms with van der Waals surface area (Å²) in [6.45, 7) is 1.91. The summed E-state index contributed by atoms with van der Waals surface area (Å²) in [5.74, 6) is 0.485. The predicted molar refractivity (Wildman–Crippen MR) is 68.3 cm³/mol. The summed E-state index contributed by atoms with van der Waals surface area (Å²) in [6.07, 6.45) is 4.28. The summed E-state index contributed by atoms with van der Waals surface area (Å²) in [7, 11) is 2.12. The highest BCUT2D eigenvalue weighted by Crippen LogP contribution is 2.26. The second-order valence-electron chi connectivity index (χ2n) is 4.35. The molecule has 0 aromatic carbocycles. The van der Waals surface area contributed by atoms with Gasteiger partial charge in [-0.05, 0) is 31.5 Å². The van der Waals surface area contributed by atoms with Crippen LogP contribution in [-0.4, -0.2) is 36.1 Å². The van der Waals surface area contributed by atoms with Crippen LogP contribution in [0.2, 0.25) is 5.02 Å². The lowest BCUT2D eigenvalue weighted by Crippen LogP contribution is -2.26. The number of ether oxygens (including phenoxy) is 1. The summed E-state index contributed by atoms with van der Waals surface area (Å²) in [4.78, 5) is 6.42. The molecule has 0 bridgehead atoms. The van der Waals surface area contributed by atoms with Crippen LogP contribution in [0.4, 0.5) is 0 Å². The van der Waals surface area contributed by atoms with Crippen LogP contribution in [0.3, 0.4) is 0 Å². The molecule has 0 atom stereocenters. The number of pyridine rings is 1. The van der Waals surface area contributed by atoms with Crippen molar-refractivity contribution in [2.45, 2.75) is 25.4 Å². The molecule has 0 amide bonds. The van der Waals surface area contributed by atoms with Crippen molar-refractivity contribution in [1.29, 1.82) is 0 Å². The SMILES string of the molecule is CN(CCOc1nccc(CN)c1Cl)C1CC1. The van der Waals surface area contributed by atoms with Gasteiger partial charge in [0.1, 0.15) is 11.6 Å². The number of rotatable bonds is 6. The number of hydrogen-bond donors (Lipinski definition) is 1. The van der Waals surface area contributed by atoms with Crippen molar-refractivity contribution in [1.82, 2.24) is 9.88 Å². The lowest BCUT2D eigenvalue weighted by Gasteiger charge is -2.16. The van der Waals surface area contributed by atoms with Crippen molar-refractivity contribution in [2.75, 3.05) is 20.2 Å². The Hall–Kier alpha value is -0.840. The van der Waals surface area contributed by atoms with E-state index in [2.05, 4.69) is 16.9 Å². The molecule has 1 saturated carbocycles. The fourth-order valence-electron chi connectivity index (χ4n) is 1.70. The summed E-state index contributed by atoms with van der Waals surface area (Å²) in [5.41, 5.74) is 6.44. The maximum absolute atomic E-state index is 6.12. The van der Waals surface area contributed by atoms with Gasteiger partial charge in [-0.1, -0.05) is 11.6 Å². The molecule has 2 rings (SSSR count). The zero-order valence-electron chi connectivity index (χ0n) is 10.0. The normalized spacial score (nSPS) is 15.3. The van der Waals surface area contributed by atoms with Crippen LogP contribution >= 0.6 is 11.6 Å². The second-order valence-corrected chi connectivity index (χ2v) is 4.73. The van der Waals surface area contributed by atoms with Gasteiger partial charge in [-0.15, -0.1) is 0 Å². The van der Waals surface area contributed by atoms with Gasteiger partial charge in [0.2, 0.25) is 5.88 Å². The molecule has 0 unspecified atom stereocenters. The Kier molecular flexibility index (Phi) is 4.20. The van der Waals surface area contributed by atoms with E-state index in [1.54, 1.807) is 6.20 Å². The third-order valence-corrected chi connectivity index (χ3v) is 3.41. The zero-order valence-corrected chi connectivity index (χ0v) is 10.8. The first-order valence-electron chi connectivity index (χ1n) is 5.89. The van der Waals surface area contributed by atoms with E-state index >= 15 is 0 Å². The maximum Gasteiger partial charge on any atom is 0.232 e. The number of nitrogens with zero attached hydrogens (tertiary/aromatic N) is 2. The smallest absolute Gasteiger partial charge is 0.232 e. The zero-order chi connectivity index (χ0) is 12.3. The highest BCUT2D eigenvalue weighted by molar-refractivity contribution is 6.32. The quantitative estimate of drug-likeness (QED) is 0.840. The van der Waals surface area contributed by atoms with Gasteiger partial charge in [0.15, 0.2) is 0 Å². The third-order valence-electron chi connectivity index (χ3n) is 3.01. The molecule has 4 nitrogen and oxygen atoms in total. The van der Waals surface area contributed by atoms with E-state index in [0.29, 0.717) is 24.1 Å². The first-order chi connectivity index (χ1) is 8.22. The number of aromatic nitrogens is 1. The summed E-state index contributed by atoms with van der Waals surface area (Å²) >= 11 is 6.12. The van der Waals surface area contributed by atoms with E-state index in [9.17, 15) is 0 Å². The van der Waals surface area contributed by atoms with Crippen molar-refractivity contribution in [3.05, 3.63) is 22.8 Å². The monoisotopic (exact) mass is 255 g/mol. The van der Waals surface area contributed by atoms with Gasteiger partial charge in [-0.2, -0.15) is 0 Å². The average Bonchev–Trinajstić information content (AvgIpc) is 3.15. The molecule has 17 heavy (non-hydrogen) atoms. The van der Waals surface area contributed by atoms with Crippen molar-refractivity contribution in [3.63, 3.8) is 0 Å². The van der Waals surface area contributed by atoms with Gasteiger partial charge in [-0.25, -0.2) is 4.98 Å². The first-order valence-corrected chi connectivity index (χ1v) is 6.26. The lowest BCUT2D eigenvalue weighted by molar-refractivity contribution is 0.226. The average molecular weight is 256 g/mol. The Labute approximate surface area is 107 Å². The molecule has 1 heterocycles. The van der Waals surface area contributed by atoms with Crippen LogP contribution in [0.15, 0.2) is 12.3 Å². The van der Waals surface area contributed by atoms with E-state index in [0.717, 1.165) is 18.2 Å². The van der Waals surface area contributed by atoms with Crippen molar-refractivity contribution in [3.8, 4) is 5.88 Å². The molecule has 0 radical (unpaired) electrons.